The molecule has 0 saturated carbocycles. The van der Waals surface area contributed by atoms with Crippen LogP contribution in [-0.4, -0.2) is 26.2 Å². The number of nitrogens with zero attached hydrogens (tertiary/aromatic N) is 1. The molecule has 1 heterocycles. The van der Waals surface area contributed by atoms with Crippen LogP contribution in [0, 0.1) is 0 Å². The summed E-state index contributed by atoms with van der Waals surface area (Å²) in [5, 5.41) is 8.50. The van der Waals surface area contributed by atoms with Crippen molar-refractivity contribution in [2.24, 2.45) is 0 Å². The molecule has 2 aromatic rings. The third-order valence-electron chi connectivity index (χ3n) is 2.10. The van der Waals surface area contributed by atoms with Crippen LogP contribution in [0.5, 0.6) is 0 Å². The van der Waals surface area contributed by atoms with Crippen molar-refractivity contribution in [2.75, 3.05) is 0 Å². The molecule has 0 spiro atoms. The van der Waals surface area contributed by atoms with Gasteiger partial charge in [-0.3, -0.25) is 4.79 Å². The first-order valence-electron chi connectivity index (χ1n) is 4.50. The Hall–Kier alpha value is -1.82. The molecule has 0 bridgehead atoms. The number of rotatable bonds is 3. The van der Waals surface area contributed by atoms with Crippen LogP contribution in [-0.2, 0) is 11.2 Å². The number of fused-ring (bicyclic) bond motifs is 1. The summed E-state index contributed by atoms with van der Waals surface area (Å²) in [5.74, 6) is -0.519. The summed E-state index contributed by atoms with van der Waals surface area (Å²) in [6.45, 7) is 0. The lowest BCUT2D eigenvalue weighted by Crippen LogP contribution is -1.95. The summed E-state index contributed by atoms with van der Waals surface area (Å²) in [7, 11) is 0. The molecular formula is C10H8N2O3S. The van der Waals surface area contributed by atoms with E-state index in [0.29, 0.717) is 16.9 Å². The minimum atomic E-state index is -1.00. The predicted octanol–water partition coefficient (Wildman–Crippen LogP) is 1.26. The first-order valence-corrected chi connectivity index (χ1v) is 4.95. The molecule has 1 aromatic carbocycles. The lowest BCUT2D eigenvalue weighted by Gasteiger charge is -1.92. The number of hydrogen-bond donors (Lipinski definition) is 3. The van der Waals surface area contributed by atoms with E-state index in [1.807, 2.05) is 0 Å². The average Bonchev–Trinajstić information content (AvgIpc) is 2.56. The number of H-pyrrole nitrogens is 1. The Morgan fingerprint density at radius 1 is 1.44 bits per heavy atom. The minimum absolute atomic E-state index is 0.0974. The molecule has 82 valence electrons. The fourth-order valence-electron chi connectivity index (χ4n) is 1.42. The van der Waals surface area contributed by atoms with Crippen molar-refractivity contribution in [3.05, 3.63) is 29.6 Å². The van der Waals surface area contributed by atoms with Gasteiger partial charge in [-0.25, -0.2) is 9.78 Å². The largest absolute Gasteiger partial charge is 0.478 e. The summed E-state index contributed by atoms with van der Waals surface area (Å²) >= 11 is 3.65. The molecule has 2 rings (SSSR count). The third-order valence-corrected chi connectivity index (χ3v) is 2.26. The van der Waals surface area contributed by atoms with E-state index < -0.39 is 5.97 Å². The highest BCUT2D eigenvalue weighted by Crippen LogP contribution is 2.14. The van der Waals surface area contributed by atoms with Gasteiger partial charge in [0, 0.05) is 0 Å². The Kier molecular flexibility index (Phi) is 2.66. The number of hydrogen-bond acceptors (Lipinski definition) is 3. The second kappa shape index (κ2) is 3.97. The highest BCUT2D eigenvalue weighted by Gasteiger charge is 2.08. The van der Waals surface area contributed by atoms with Crippen LogP contribution in [0.4, 0.5) is 0 Å². The van der Waals surface area contributed by atoms with Gasteiger partial charge < -0.3 is 10.1 Å². The van der Waals surface area contributed by atoms with Gasteiger partial charge in [-0.1, -0.05) is 0 Å². The van der Waals surface area contributed by atoms with E-state index in [9.17, 15) is 9.59 Å². The second-order valence-electron chi connectivity index (χ2n) is 3.29. The van der Waals surface area contributed by atoms with Gasteiger partial charge in [-0.2, -0.15) is 0 Å². The van der Waals surface area contributed by atoms with Gasteiger partial charge in [-0.05, 0) is 18.2 Å². The van der Waals surface area contributed by atoms with Crippen molar-refractivity contribution in [3.63, 3.8) is 0 Å². The van der Waals surface area contributed by atoms with E-state index >= 15 is 0 Å². The van der Waals surface area contributed by atoms with E-state index in [0.717, 1.165) is 0 Å². The standard InChI is InChI=1S/C10H8N2O3S/c13-9(16)4-8-11-6-2-1-5(10(14)15)3-7(6)12-8/h1-3H,4H2,(H,11,12)(H,13,16)(H,14,15). The Morgan fingerprint density at radius 3 is 2.81 bits per heavy atom. The molecule has 0 unspecified atom stereocenters. The Morgan fingerprint density at radius 2 is 2.19 bits per heavy atom. The van der Waals surface area contributed by atoms with E-state index in [-0.39, 0.29) is 17.1 Å². The van der Waals surface area contributed by atoms with Crippen LogP contribution in [0.2, 0.25) is 0 Å². The maximum atomic E-state index is 10.8. The molecule has 6 heteroatoms. The number of benzene rings is 1. The van der Waals surface area contributed by atoms with Gasteiger partial charge in [0.2, 0.25) is 0 Å². The van der Waals surface area contributed by atoms with Crippen molar-refractivity contribution < 1.29 is 14.7 Å². The quantitative estimate of drug-likeness (QED) is 0.700. The molecule has 16 heavy (non-hydrogen) atoms. The maximum Gasteiger partial charge on any atom is 0.335 e. The molecule has 0 atom stereocenters. The van der Waals surface area contributed by atoms with Crippen LogP contribution in [0.15, 0.2) is 18.2 Å². The molecule has 0 saturated heterocycles. The third kappa shape index (κ3) is 2.06. The van der Waals surface area contributed by atoms with Crippen molar-refractivity contribution in [3.8, 4) is 0 Å². The number of carbonyl (C=O) groups excluding carboxylic acids is 1. The van der Waals surface area contributed by atoms with E-state index in [1.165, 1.54) is 12.1 Å². The highest BCUT2D eigenvalue weighted by molar-refractivity contribution is 7.96. The number of aromatic nitrogens is 2. The second-order valence-corrected chi connectivity index (χ2v) is 3.79. The van der Waals surface area contributed by atoms with Gasteiger partial charge in [-0.15, -0.1) is 12.6 Å². The molecule has 0 aliphatic heterocycles. The summed E-state index contributed by atoms with van der Waals surface area (Å²) < 4.78 is 0. The van der Waals surface area contributed by atoms with Gasteiger partial charge in [0.1, 0.15) is 5.82 Å². The van der Waals surface area contributed by atoms with Gasteiger partial charge in [0.15, 0.2) is 5.12 Å². The number of imidazole rings is 1. The number of thiol groups is 1. The fraction of sp³-hybridized carbons (Fsp3) is 0.100. The Balaban J connectivity index is 2.45. The van der Waals surface area contributed by atoms with Gasteiger partial charge in [0.25, 0.3) is 0 Å². The molecule has 0 aliphatic carbocycles. The topological polar surface area (TPSA) is 83.1 Å². The molecule has 5 nitrogen and oxygen atoms in total. The number of carboxylic acids is 1. The maximum absolute atomic E-state index is 10.8. The van der Waals surface area contributed by atoms with E-state index in [2.05, 4.69) is 22.6 Å². The molecule has 0 aliphatic rings. The van der Waals surface area contributed by atoms with Crippen LogP contribution in [0.3, 0.4) is 0 Å². The number of carbonyl (C=O) groups is 2. The Bertz CT molecular complexity index is 576. The predicted molar refractivity (Wildman–Crippen MR) is 60.8 cm³/mol. The lowest BCUT2D eigenvalue weighted by molar-refractivity contribution is -0.110. The zero-order valence-electron chi connectivity index (χ0n) is 8.10. The summed E-state index contributed by atoms with van der Waals surface area (Å²) in [6.07, 6.45) is 0.0974. The summed E-state index contributed by atoms with van der Waals surface area (Å²) in [5.41, 5.74) is 1.40. The van der Waals surface area contributed by atoms with Crippen molar-refractivity contribution >= 4 is 34.7 Å². The SMILES string of the molecule is O=C(S)Cc1nc2cc(C(=O)O)ccc2[nH]1. The van der Waals surface area contributed by atoms with Crippen molar-refractivity contribution in [1.29, 1.82) is 0 Å². The monoisotopic (exact) mass is 236 g/mol. The molecular weight excluding hydrogens is 228 g/mol. The fourth-order valence-corrected chi connectivity index (χ4v) is 1.57. The van der Waals surface area contributed by atoms with E-state index in [1.54, 1.807) is 6.07 Å². The number of aromatic amines is 1. The molecule has 0 radical (unpaired) electrons. The number of nitrogens with one attached hydrogen (secondary N) is 1. The van der Waals surface area contributed by atoms with Crippen LogP contribution < -0.4 is 0 Å². The lowest BCUT2D eigenvalue weighted by atomic mass is 10.2. The van der Waals surface area contributed by atoms with Crippen molar-refractivity contribution in [2.45, 2.75) is 6.42 Å². The normalized spacial score (nSPS) is 10.6. The summed E-state index contributed by atoms with van der Waals surface area (Å²) in [4.78, 5) is 28.5. The minimum Gasteiger partial charge on any atom is -0.478 e. The number of carboxylic acid groups (broad SMARTS) is 1. The van der Waals surface area contributed by atoms with Gasteiger partial charge >= 0.3 is 5.97 Å². The number of aromatic carboxylic acids is 1. The van der Waals surface area contributed by atoms with Gasteiger partial charge in [0.05, 0.1) is 23.0 Å². The van der Waals surface area contributed by atoms with Crippen LogP contribution in [0.1, 0.15) is 16.2 Å². The Labute approximate surface area is 95.9 Å². The van der Waals surface area contributed by atoms with Crippen LogP contribution >= 0.6 is 12.6 Å². The highest BCUT2D eigenvalue weighted by atomic mass is 32.1. The smallest absolute Gasteiger partial charge is 0.335 e. The summed E-state index contributed by atoms with van der Waals surface area (Å²) in [6, 6.07) is 4.56. The zero-order chi connectivity index (χ0) is 11.7. The zero-order valence-corrected chi connectivity index (χ0v) is 8.99. The van der Waals surface area contributed by atoms with Crippen molar-refractivity contribution in [1.82, 2.24) is 9.97 Å². The first-order chi connectivity index (χ1) is 7.56. The average molecular weight is 236 g/mol. The first kappa shape index (κ1) is 10.7. The molecule has 0 fully saturated rings. The molecule has 0 amide bonds. The van der Waals surface area contributed by atoms with Crippen LogP contribution in [0.25, 0.3) is 11.0 Å². The van der Waals surface area contributed by atoms with E-state index in [4.69, 9.17) is 5.11 Å². The molecule has 2 N–H and O–H groups in total. The molecule has 1 aromatic heterocycles.